The summed E-state index contributed by atoms with van der Waals surface area (Å²) in [7, 11) is 0. The van der Waals surface area contributed by atoms with E-state index in [9.17, 15) is 15.0 Å². The van der Waals surface area contributed by atoms with Crippen molar-refractivity contribution in [1.82, 2.24) is 0 Å². The van der Waals surface area contributed by atoms with E-state index in [2.05, 4.69) is 6.58 Å². The zero-order valence-corrected chi connectivity index (χ0v) is 16.6. The Morgan fingerprint density at radius 1 is 0.935 bits per heavy atom. The fraction of sp³-hybridized carbons (Fsp3) is 0.0800. The van der Waals surface area contributed by atoms with Gasteiger partial charge in [-0.1, -0.05) is 43.0 Å². The zero-order chi connectivity index (χ0) is 21.8. The van der Waals surface area contributed by atoms with E-state index in [1.165, 1.54) is 12.1 Å². The summed E-state index contributed by atoms with van der Waals surface area (Å²) in [4.78, 5) is 12.6. The average molecular weight is 416 g/mol. The first-order valence-corrected chi connectivity index (χ1v) is 9.60. The second kappa shape index (κ2) is 8.67. The minimum Gasteiger partial charge on any atom is -0.507 e. The molecule has 0 aliphatic rings. The number of ether oxygens (including phenoxy) is 2. The number of fused-ring (bicyclic) bond motifs is 1. The number of rotatable bonds is 7. The fourth-order valence-corrected chi connectivity index (χ4v) is 3.14. The van der Waals surface area contributed by atoms with E-state index < -0.39 is 11.2 Å². The van der Waals surface area contributed by atoms with Crippen molar-refractivity contribution >= 4 is 11.0 Å². The van der Waals surface area contributed by atoms with Crippen LogP contribution in [0.4, 0.5) is 0 Å². The van der Waals surface area contributed by atoms with Crippen LogP contribution in [-0.2, 0) is 6.61 Å². The summed E-state index contributed by atoms with van der Waals surface area (Å²) in [5, 5.41) is 20.5. The van der Waals surface area contributed by atoms with Crippen molar-refractivity contribution in [3.8, 4) is 34.3 Å². The number of phenolic OH excluding ortho intramolecular Hbond substituents is 1. The molecular formula is C25H20O6. The predicted molar refractivity (Wildman–Crippen MR) is 118 cm³/mol. The van der Waals surface area contributed by atoms with Gasteiger partial charge in [0.25, 0.3) is 0 Å². The number of hydrogen-bond donors (Lipinski definition) is 2. The van der Waals surface area contributed by atoms with E-state index in [0.717, 1.165) is 5.56 Å². The van der Waals surface area contributed by atoms with Gasteiger partial charge in [0, 0.05) is 17.7 Å². The van der Waals surface area contributed by atoms with Crippen LogP contribution in [0.25, 0.3) is 22.3 Å². The summed E-state index contributed by atoms with van der Waals surface area (Å²) in [6.07, 6.45) is 1.56. The van der Waals surface area contributed by atoms with Gasteiger partial charge in [-0.25, -0.2) is 0 Å². The Bertz CT molecular complexity index is 1270. The van der Waals surface area contributed by atoms with Gasteiger partial charge in [0.15, 0.2) is 5.76 Å². The van der Waals surface area contributed by atoms with E-state index in [1.807, 2.05) is 30.3 Å². The Balaban J connectivity index is 1.65. The summed E-state index contributed by atoms with van der Waals surface area (Å²) in [6, 6.07) is 19.4. The van der Waals surface area contributed by atoms with Gasteiger partial charge in [0.05, 0.1) is 0 Å². The van der Waals surface area contributed by atoms with Crippen molar-refractivity contribution in [2.75, 3.05) is 6.61 Å². The Morgan fingerprint density at radius 3 is 2.39 bits per heavy atom. The molecule has 1 heterocycles. The zero-order valence-electron chi connectivity index (χ0n) is 16.6. The quantitative estimate of drug-likeness (QED) is 0.412. The molecule has 0 radical (unpaired) electrons. The maximum atomic E-state index is 12.6. The molecule has 0 aliphatic heterocycles. The summed E-state index contributed by atoms with van der Waals surface area (Å²) >= 11 is 0. The lowest BCUT2D eigenvalue weighted by molar-refractivity contribution is 0.306. The molecule has 0 saturated heterocycles. The Hall–Kier alpha value is -4.19. The molecule has 1 aromatic heterocycles. The third-order valence-electron chi connectivity index (χ3n) is 4.66. The molecule has 0 amide bonds. The maximum absolute atomic E-state index is 12.6. The van der Waals surface area contributed by atoms with Crippen LogP contribution in [0.5, 0.6) is 23.0 Å². The Kier molecular flexibility index (Phi) is 5.62. The van der Waals surface area contributed by atoms with Gasteiger partial charge in [0.2, 0.25) is 11.2 Å². The third-order valence-corrected chi connectivity index (χ3v) is 4.66. The highest BCUT2D eigenvalue weighted by Crippen LogP contribution is 2.35. The van der Waals surface area contributed by atoms with Gasteiger partial charge in [0.1, 0.15) is 41.4 Å². The third kappa shape index (κ3) is 4.23. The number of phenols is 1. The molecule has 3 aromatic carbocycles. The topological polar surface area (TPSA) is 89.1 Å². The lowest BCUT2D eigenvalue weighted by atomic mass is 10.1. The smallest absolute Gasteiger partial charge is 0.238 e. The second-order valence-electron chi connectivity index (χ2n) is 6.82. The molecule has 156 valence electrons. The molecule has 0 atom stereocenters. The highest BCUT2D eigenvalue weighted by atomic mass is 16.5. The van der Waals surface area contributed by atoms with Gasteiger partial charge < -0.3 is 24.1 Å². The molecule has 0 spiro atoms. The van der Waals surface area contributed by atoms with Gasteiger partial charge in [-0.15, -0.1) is 0 Å². The predicted octanol–water partition coefficient (Wildman–Crippen LogP) is 5.02. The van der Waals surface area contributed by atoms with Crippen LogP contribution in [0.2, 0.25) is 0 Å². The lowest BCUT2D eigenvalue weighted by Crippen LogP contribution is -2.04. The van der Waals surface area contributed by atoms with Crippen LogP contribution in [0, 0.1) is 0 Å². The molecule has 0 saturated carbocycles. The van der Waals surface area contributed by atoms with E-state index in [4.69, 9.17) is 13.9 Å². The fourth-order valence-electron chi connectivity index (χ4n) is 3.14. The van der Waals surface area contributed by atoms with E-state index >= 15 is 0 Å². The molecule has 6 nitrogen and oxygen atoms in total. The normalized spacial score (nSPS) is 10.7. The molecule has 2 N–H and O–H groups in total. The van der Waals surface area contributed by atoms with Crippen molar-refractivity contribution in [3.05, 3.63) is 95.2 Å². The van der Waals surface area contributed by atoms with Crippen LogP contribution in [0.15, 0.2) is 88.6 Å². The first-order chi connectivity index (χ1) is 15.1. The maximum Gasteiger partial charge on any atom is 0.238 e. The first-order valence-electron chi connectivity index (χ1n) is 9.60. The van der Waals surface area contributed by atoms with Gasteiger partial charge in [-0.3, -0.25) is 4.79 Å². The molecule has 4 rings (SSSR count). The number of hydrogen-bond acceptors (Lipinski definition) is 6. The SMILES string of the molecule is C=CCOc1cc(O)c2c(=O)c(O)c(-c3ccc(OCc4ccccc4)cc3)oc2c1. The van der Waals surface area contributed by atoms with Crippen molar-refractivity contribution in [2.24, 2.45) is 0 Å². The number of benzene rings is 3. The van der Waals surface area contributed by atoms with Crippen LogP contribution < -0.4 is 14.9 Å². The van der Waals surface area contributed by atoms with Crippen molar-refractivity contribution in [2.45, 2.75) is 6.61 Å². The largest absolute Gasteiger partial charge is 0.507 e. The minimum atomic E-state index is -0.728. The Labute approximate surface area is 178 Å². The highest BCUT2D eigenvalue weighted by Gasteiger charge is 2.19. The molecule has 31 heavy (non-hydrogen) atoms. The molecule has 0 bridgehead atoms. The van der Waals surface area contributed by atoms with Gasteiger partial charge in [-0.05, 0) is 29.8 Å². The van der Waals surface area contributed by atoms with Crippen LogP contribution in [0.3, 0.4) is 0 Å². The van der Waals surface area contributed by atoms with Gasteiger partial charge >= 0.3 is 0 Å². The Morgan fingerprint density at radius 2 is 1.68 bits per heavy atom. The lowest BCUT2D eigenvalue weighted by Gasteiger charge is -2.10. The molecule has 6 heteroatoms. The summed E-state index contributed by atoms with van der Waals surface area (Å²) < 4.78 is 17.0. The van der Waals surface area contributed by atoms with E-state index in [-0.39, 0.29) is 29.1 Å². The van der Waals surface area contributed by atoms with Crippen LogP contribution >= 0.6 is 0 Å². The summed E-state index contributed by atoms with van der Waals surface area (Å²) in [5.74, 6) is 0.0204. The van der Waals surface area contributed by atoms with Crippen LogP contribution in [0.1, 0.15) is 5.56 Å². The molecular weight excluding hydrogens is 396 g/mol. The summed E-state index contributed by atoms with van der Waals surface area (Å²) in [5.41, 5.74) is 0.897. The second-order valence-corrected chi connectivity index (χ2v) is 6.82. The van der Waals surface area contributed by atoms with E-state index in [1.54, 1.807) is 30.3 Å². The molecule has 0 aliphatic carbocycles. The van der Waals surface area contributed by atoms with Crippen molar-refractivity contribution in [3.63, 3.8) is 0 Å². The average Bonchev–Trinajstić information content (AvgIpc) is 2.79. The molecule has 0 unspecified atom stereocenters. The standard InChI is InChI=1S/C25H20O6/c1-2-12-29-19-13-20(26)22-21(14-19)31-25(24(28)23(22)27)17-8-10-18(11-9-17)30-15-16-6-4-3-5-7-16/h2-11,13-14,26,28H,1,12,15H2. The number of aromatic hydroxyl groups is 2. The first kappa shape index (κ1) is 20.1. The van der Waals surface area contributed by atoms with Crippen LogP contribution in [-0.4, -0.2) is 16.8 Å². The molecule has 4 aromatic rings. The van der Waals surface area contributed by atoms with E-state index in [0.29, 0.717) is 23.7 Å². The van der Waals surface area contributed by atoms with Crippen molar-refractivity contribution < 1.29 is 24.1 Å². The molecule has 0 fully saturated rings. The van der Waals surface area contributed by atoms with Crippen molar-refractivity contribution in [1.29, 1.82) is 0 Å². The highest BCUT2D eigenvalue weighted by molar-refractivity contribution is 5.88. The van der Waals surface area contributed by atoms with Gasteiger partial charge in [-0.2, -0.15) is 0 Å². The minimum absolute atomic E-state index is 0.00706. The summed E-state index contributed by atoms with van der Waals surface area (Å²) in [6.45, 7) is 4.22. The monoisotopic (exact) mass is 416 g/mol.